The normalized spacial score (nSPS) is 11.1. The number of thiazole rings is 1. The van der Waals surface area contributed by atoms with Crippen molar-refractivity contribution in [3.63, 3.8) is 0 Å². The Hall–Kier alpha value is -3.30. The minimum atomic E-state index is 0.639. The van der Waals surface area contributed by atoms with E-state index in [1.54, 1.807) is 17.5 Å². The molecule has 0 saturated heterocycles. The van der Waals surface area contributed by atoms with Gasteiger partial charge in [-0.25, -0.2) is 24.9 Å². The fourth-order valence-electron chi connectivity index (χ4n) is 3.03. The molecule has 3 heterocycles. The molecule has 1 N–H and O–H groups in total. The highest BCUT2D eigenvalue weighted by Gasteiger charge is 2.10. The van der Waals surface area contributed by atoms with Crippen molar-refractivity contribution in [1.82, 2.24) is 24.9 Å². The van der Waals surface area contributed by atoms with Gasteiger partial charge in [0.1, 0.15) is 28.9 Å². The van der Waals surface area contributed by atoms with Gasteiger partial charge in [-0.1, -0.05) is 11.8 Å². The van der Waals surface area contributed by atoms with E-state index >= 15 is 0 Å². The van der Waals surface area contributed by atoms with E-state index in [1.807, 2.05) is 55.1 Å². The van der Waals surface area contributed by atoms with Crippen molar-refractivity contribution >= 4 is 55.9 Å². The number of thioether (sulfide) groups is 1. The zero-order valence-electron chi connectivity index (χ0n) is 16.2. The number of benzene rings is 2. The Kier molecular flexibility index (Phi) is 4.89. The lowest BCUT2D eigenvalue weighted by Crippen LogP contribution is -1.99. The van der Waals surface area contributed by atoms with Crippen LogP contribution in [0.1, 0.15) is 5.56 Å². The lowest BCUT2D eigenvalue weighted by atomic mass is 10.2. The van der Waals surface area contributed by atoms with Crippen molar-refractivity contribution < 1.29 is 4.74 Å². The average molecular weight is 433 g/mol. The van der Waals surface area contributed by atoms with E-state index in [1.165, 1.54) is 18.1 Å². The van der Waals surface area contributed by atoms with Gasteiger partial charge in [-0.3, -0.25) is 0 Å². The van der Waals surface area contributed by atoms with Gasteiger partial charge in [-0.15, -0.1) is 11.3 Å². The molecule has 7 nitrogen and oxygen atoms in total. The quantitative estimate of drug-likeness (QED) is 0.284. The summed E-state index contributed by atoms with van der Waals surface area (Å²) in [7, 11) is 0. The summed E-state index contributed by atoms with van der Waals surface area (Å²) < 4.78 is 7.22. The van der Waals surface area contributed by atoms with E-state index in [2.05, 4.69) is 30.2 Å². The summed E-state index contributed by atoms with van der Waals surface area (Å²) in [5.74, 6) is 2.19. The largest absolute Gasteiger partial charge is 0.457 e. The Labute approximate surface area is 180 Å². The molecular formula is C21H16N6OS2. The standard InChI is InChI=1S/C21H16N6OS2/c1-12-7-13(26-20-19-16(23-10-24-20)9-22-21(27-19)29-2)3-5-17(12)28-14-4-6-18-15(8-14)25-11-30-18/h3-11H,1-2H3,(H,23,24,26). The lowest BCUT2D eigenvalue weighted by Gasteiger charge is -2.12. The third-order valence-corrected chi connectivity index (χ3v) is 5.88. The molecular weight excluding hydrogens is 416 g/mol. The highest BCUT2D eigenvalue weighted by atomic mass is 32.2. The highest BCUT2D eigenvalue weighted by Crippen LogP contribution is 2.31. The number of aryl methyl sites for hydroxylation is 1. The van der Waals surface area contributed by atoms with Crippen LogP contribution in [0, 0.1) is 6.92 Å². The monoisotopic (exact) mass is 432 g/mol. The van der Waals surface area contributed by atoms with Crippen molar-refractivity contribution in [1.29, 1.82) is 0 Å². The summed E-state index contributed by atoms with van der Waals surface area (Å²) in [4.78, 5) is 21.8. The molecule has 0 spiro atoms. The molecule has 2 aromatic carbocycles. The summed E-state index contributed by atoms with van der Waals surface area (Å²) in [5.41, 5.74) is 6.04. The molecule has 0 aliphatic carbocycles. The number of rotatable bonds is 5. The van der Waals surface area contributed by atoms with Gasteiger partial charge in [-0.05, 0) is 49.1 Å². The van der Waals surface area contributed by atoms with Crippen LogP contribution in [0.2, 0.25) is 0 Å². The summed E-state index contributed by atoms with van der Waals surface area (Å²) in [6.07, 6.45) is 5.15. The van der Waals surface area contributed by atoms with E-state index in [9.17, 15) is 0 Å². The Bertz CT molecular complexity index is 1370. The van der Waals surface area contributed by atoms with Gasteiger partial charge in [0.2, 0.25) is 0 Å². The molecule has 0 amide bonds. The van der Waals surface area contributed by atoms with E-state index < -0.39 is 0 Å². The van der Waals surface area contributed by atoms with E-state index in [-0.39, 0.29) is 0 Å². The molecule has 5 rings (SSSR count). The minimum Gasteiger partial charge on any atom is -0.457 e. The molecule has 0 bridgehead atoms. The van der Waals surface area contributed by atoms with E-state index in [4.69, 9.17) is 4.74 Å². The first-order valence-electron chi connectivity index (χ1n) is 9.10. The summed E-state index contributed by atoms with van der Waals surface area (Å²) >= 11 is 3.09. The molecule has 30 heavy (non-hydrogen) atoms. The summed E-state index contributed by atoms with van der Waals surface area (Å²) in [5, 5.41) is 4.01. The van der Waals surface area contributed by atoms with Crippen LogP contribution in [0.25, 0.3) is 21.3 Å². The van der Waals surface area contributed by atoms with Gasteiger partial charge in [0.25, 0.3) is 0 Å². The van der Waals surface area contributed by atoms with Crippen molar-refractivity contribution in [2.75, 3.05) is 11.6 Å². The number of aromatic nitrogens is 5. The molecule has 0 unspecified atom stereocenters. The number of fused-ring (bicyclic) bond motifs is 2. The fraction of sp³-hybridized carbons (Fsp3) is 0.0952. The predicted octanol–water partition coefficient (Wildman–Crippen LogP) is 5.60. The Morgan fingerprint density at radius 2 is 1.93 bits per heavy atom. The smallest absolute Gasteiger partial charge is 0.188 e. The molecule has 3 aromatic heterocycles. The van der Waals surface area contributed by atoms with Crippen LogP contribution >= 0.6 is 23.1 Å². The molecule has 0 fully saturated rings. The number of hydrogen-bond donors (Lipinski definition) is 1. The van der Waals surface area contributed by atoms with Gasteiger partial charge < -0.3 is 10.1 Å². The number of ether oxygens (including phenoxy) is 1. The topological polar surface area (TPSA) is 85.7 Å². The fourth-order valence-corrected chi connectivity index (χ4v) is 4.03. The number of hydrogen-bond acceptors (Lipinski definition) is 9. The van der Waals surface area contributed by atoms with Crippen LogP contribution in [0.4, 0.5) is 11.5 Å². The first-order valence-corrected chi connectivity index (χ1v) is 11.2. The van der Waals surface area contributed by atoms with Crippen LogP contribution in [0.3, 0.4) is 0 Å². The highest BCUT2D eigenvalue weighted by molar-refractivity contribution is 7.98. The van der Waals surface area contributed by atoms with Crippen LogP contribution in [-0.2, 0) is 0 Å². The number of anilines is 2. The van der Waals surface area contributed by atoms with Crippen LogP contribution in [0.5, 0.6) is 11.5 Å². The molecule has 148 valence electrons. The molecule has 0 aliphatic rings. The zero-order chi connectivity index (χ0) is 20.5. The first-order chi connectivity index (χ1) is 14.7. The Morgan fingerprint density at radius 3 is 2.80 bits per heavy atom. The molecule has 0 aliphatic heterocycles. The van der Waals surface area contributed by atoms with Gasteiger partial charge in [0.15, 0.2) is 11.0 Å². The van der Waals surface area contributed by atoms with Crippen molar-refractivity contribution in [2.45, 2.75) is 12.1 Å². The maximum Gasteiger partial charge on any atom is 0.188 e. The van der Waals surface area contributed by atoms with Crippen LogP contribution < -0.4 is 10.1 Å². The van der Waals surface area contributed by atoms with Crippen molar-refractivity contribution in [3.8, 4) is 11.5 Å². The maximum absolute atomic E-state index is 6.08. The minimum absolute atomic E-state index is 0.639. The second-order valence-electron chi connectivity index (χ2n) is 6.50. The van der Waals surface area contributed by atoms with E-state index in [0.29, 0.717) is 22.0 Å². The zero-order valence-corrected chi connectivity index (χ0v) is 17.8. The van der Waals surface area contributed by atoms with Gasteiger partial charge in [0, 0.05) is 11.8 Å². The average Bonchev–Trinajstić information content (AvgIpc) is 3.23. The van der Waals surface area contributed by atoms with E-state index in [0.717, 1.165) is 33.0 Å². The van der Waals surface area contributed by atoms with Gasteiger partial charge in [-0.2, -0.15) is 0 Å². The van der Waals surface area contributed by atoms with Gasteiger partial charge in [0.05, 0.1) is 21.9 Å². The molecule has 0 atom stereocenters. The van der Waals surface area contributed by atoms with Gasteiger partial charge >= 0.3 is 0 Å². The Balaban J connectivity index is 1.41. The van der Waals surface area contributed by atoms with Crippen molar-refractivity contribution in [3.05, 3.63) is 60.0 Å². The molecule has 0 saturated carbocycles. The third kappa shape index (κ3) is 3.64. The number of nitrogens with zero attached hydrogens (tertiary/aromatic N) is 5. The molecule has 5 aromatic rings. The maximum atomic E-state index is 6.08. The summed E-state index contributed by atoms with van der Waals surface area (Å²) in [6.45, 7) is 2.01. The lowest BCUT2D eigenvalue weighted by molar-refractivity contribution is 0.479. The summed E-state index contributed by atoms with van der Waals surface area (Å²) in [6, 6.07) is 11.8. The second kappa shape index (κ2) is 7.85. The van der Waals surface area contributed by atoms with Crippen molar-refractivity contribution in [2.24, 2.45) is 0 Å². The second-order valence-corrected chi connectivity index (χ2v) is 8.16. The van der Waals surface area contributed by atoms with Crippen LogP contribution in [-0.4, -0.2) is 31.2 Å². The Morgan fingerprint density at radius 1 is 1.00 bits per heavy atom. The SMILES string of the molecule is CSc1ncc2ncnc(Nc3ccc(Oc4ccc5scnc5c4)c(C)c3)c2n1. The predicted molar refractivity (Wildman–Crippen MR) is 121 cm³/mol. The third-order valence-electron chi connectivity index (χ3n) is 4.51. The van der Waals surface area contributed by atoms with Crippen LogP contribution in [0.15, 0.2) is 59.6 Å². The number of nitrogens with one attached hydrogen (secondary N) is 1. The first kappa shape index (κ1) is 18.7. The molecule has 9 heteroatoms. The molecule has 0 radical (unpaired) electrons.